The van der Waals surface area contributed by atoms with Crippen molar-refractivity contribution in [3.05, 3.63) is 93.5 Å². The quantitative estimate of drug-likeness (QED) is 0.322. The van der Waals surface area contributed by atoms with E-state index < -0.39 is 50.8 Å². The molecule has 1 aliphatic heterocycles. The van der Waals surface area contributed by atoms with E-state index in [1.165, 1.54) is 54.6 Å². The van der Waals surface area contributed by atoms with Crippen LogP contribution in [0.15, 0.2) is 65.6 Å². The van der Waals surface area contributed by atoms with Crippen LogP contribution in [0.3, 0.4) is 0 Å². The highest BCUT2D eigenvalue weighted by Gasteiger charge is 2.61. The topological polar surface area (TPSA) is 99.1 Å². The van der Waals surface area contributed by atoms with Gasteiger partial charge in [0.15, 0.2) is 9.84 Å². The number of anilines is 1. The summed E-state index contributed by atoms with van der Waals surface area (Å²) in [6.07, 6.45) is 1.40. The lowest BCUT2D eigenvalue weighted by molar-refractivity contribution is -0.118. The molecule has 0 aromatic heterocycles. The molecule has 4 atom stereocenters. The molecule has 2 N–H and O–H groups in total. The van der Waals surface area contributed by atoms with E-state index in [1.807, 2.05) is 20.8 Å². The van der Waals surface area contributed by atoms with Gasteiger partial charge in [-0.05, 0) is 59.9 Å². The predicted molar refractivity (Wildman–Crippen MR) is 156 cm³/mol. The maximum atomic E-state index is 15.7. The van der Waals surface area contributed by atoms with Crippen LogP contribution in [-0.2, 0) is 20.0 Å². The number of carbonyl (C=O) groups is 1. The molecular formula is C30H29Cl2F2N3O3S. The molecule has 3 aromatic carbocycles. The van der Waals surface area contributed by atoms with E-state index in [-0.39, 0.29) is 37.2 Å². The normalized spacial score (nSPS) is 22.8. The zero-order chi connectivity index (χ0) is 30.3. The van der Waals surface area contributed by atoms with Gasteiger partial charge in [0.1, 0.15) is 17.0 Å². The van der Waals surface area contributed by atoms with Gasteiger partial charge in [-0.2, -0.15) is 5.26 Å². The van der Waals surface area contributed by atoms with Gasteiger partial charge in [0.25, 0.3) is 0 Å². The molecule has 4 unspecified atom stereocenters. The highest BCUT2D eigenvalue weighted by Crippen LogP contribution is 2.52. The summed E-state index contributed by atoms with van der Waals surface area (Å²) in [6, 6.07) is 14.1. The van der Waals surface area contributed by atoms with Crippen molar-refractivity contribution in [2.75, 3.05) is 11.6 Å². The largest absolute Gasteiger partial charge is 0.325 e. The molecule has 1 heterocycles. The Morgan fingerprint density at radius 3 is 2.32 bits per heavy atom. The standard InChI is InChI=1S/C30H29Cl2F2N3O3S/c1-29(2,3)15-24-30(16-35,21-13-8-17(31)14-23(21)33)25(20-6-5-7-22(32)26(20)34)27(37-24)28(38)36-18-9-11-19(12-10-18)41(4,39)40/h5-14,24-25,27,37H,15H2,1-4H3,(H,36,38). The lowest BCUT2D eigenvalue weighted by Gasteiger charge is -2.37. The molecule has 1 aliphatic rings. The number of nitrogens with zero attached hydrogens (tertiary/aromatic N) is 1. The molecule has 0 bridgehead atoms. The number of nitriles is 1. The number of halogens is 4. The van der Waals surface area contributed by atoms with Gasteiger partial charge in [0, 0.05) is 34.5 Å². The fraction of sp³-hybridized carbons (Fsp3) is 0.333. The van der Waals surface area contributed by atoms with Gasteiger partial charge >= 0.3 is 0 Å². The number of amides is 1. The van der Waals surface area contributed by atoms with Gasteiger partial charge < -0.3 is 10.6 Å². The van der Waals surface area contributed by atoms with Crippen molar-refractivity contribution < 1.29 is 22.0 Å². The summed E-state index contributed by atoms with van der Waals surface area (Å²) in [6.45, 7) is 5.84. The van der Waals surface area contributed by atoms with Crippen molar-refractivity contribution in [3.63, 3.8) is 0 Å². The summed E-state index contributed by atoms with van der Waals surface area (Å²) in [5.41, 5.74) is -1.90. The Labute approximate surface area is 248 Å². The van der Waals surface area contributed by atoms with E-state index in [2.05, 4.69) is 16.7 Å². The minimum Gasteiger partial charge on any atom is -0.325 e. The third-order valence-electron chi connectivity index (χ3n) is 7.28. The smallest absolute Gasteiger partial charge is 0.242 e. The third-order valence-corrected chi connectivity index (χ3v) is 8.94. The van der Waals surface area contributed by atoms with Gasteiger partial charge in [0.2, 0.25) is 5.91 Å². The lowest BCUT2D eigenvalue weighted by Crippen LogP contribution is -2.45. The van der Waals surface area contributed by atoms with Crippen LogP contribution in [0.1, 0.15) is 44.2 Å². The zero-order valence-electron chi connectivity index (χ0n) is 22.8. The SMILES string of the molecule is CC(C)(C)CC1NC(C(=O)Nc2ccc(S(C)(=O)=O)cc2)C(c2cccc(Cl)c2F)C1(C#N)c1ccc(Cl)cc1F. The van der Waals surface area contributed by atoms with Crippen molar-refractivity contribution in [1.82, 2.24) is 5.32 Å². The van der Waals surface area contributed by atoms with Crippen LogP contribution in [0.2, 0.25) is 10.0 Å². The Bertz CT molecular complexity index is 1640. The number of carbonyl (C=O) groups excluding carboxylic acids is 1. The van der Waals surface area contributed by atoms with Crippen molar-refractivity contribution in [3.8, 4) is 6.07 Å². The Morgan fingerprint density at radius 2 is 1.76 bits per heavy atom. The summed E-state index contributed by atoms with van der Waals surface area (Å²) in [5.74, 6) is -3.41. The molecule has 41 heavy (non-hydrogen) atoms. The fourth-order valence-electron chi connectivity index (χ4n) is 5.56. The first-order valence-corrected chi connectivity index (χ1v) is 15.4. The summed E-state index contributed by atoms with van der Waals surface area (Å²) < 4.78 is 55.1. The van der Waals surface area contributed by atoms with Crippen molar-refractivity contribution >= 4 is 44.6 Å². The molecule has 0 radical (unpaired) electrons. The number of sulfone groups is 1. The van der Waals surface area contributed by atoms with Crippen molar-refractivity contribution in [2.45, 2.75) is 55.5 Å². The third kappa shape index (κ3) is 6.12. The van der Waals surface area contributed by atoms with Crippen molar-refractivity contribution in [1.29, 1.82) is 5.26 Å². The van der Waals surface area contributed by atoms with E-state index in [4.69, 9.17) is 23.2 Å². The molecule has 1 saturated heterocycles. The molecule has 6 nitrogen and oxygen atoms in total. The van der Waals surface area contributed by atoms with Crippen LogP contribution < -0.4 is 10.6 Å². The first kappa shape index (κ1) is 30.9. The summed E-state index contributed by atoms with van der Waals surface area (Å²) in [4.78, 5) is 14.0. The maximum Gasteiger partial charge on any atom is 0.242 e. The van der Waals surface area contributed by atoms with Gasteiger partial charge in [-0.1, -0.05) is 62.2 Å². The molecular weight excluding hydrogens is 591 g/mol. The second-order valence-electron chi connectivity index (χ2n) is 11.5. The van der Waals surface area contributed by atoms with E-state index >= 15 is 8.78 Å². The molecule has 1 fully saturated rings. The number of benzene rings is 3. The fourth-order valence-corrected chi connectivity index (χ4v) is 6.53. The van der Waals surface area contributed by atoms with Gasteiger partial charge in [-0.15, -0.1) is 0 Å². The molecule has 0 saturated carbocycles. The number of hydrogen-bond acceptors (Lipinski definition) is 5. The van der Waals surface area contributed by atoms with E-state index in [1.54, 1.807) is 0 Å². The lowest BCUT2D eigenvalue weighted by atomic mass is 9.62. The van der Waals surface area contributed by atoms with Crippen LogP contribution in [-0.4, -0.2) is 32.7 Å². The van der Waals surface area contributed by atoms with Crippen LogP contribution in [0, 0.1) is 28.4 Å². The predicted octanol–water partition coefficient (Wildman–Crippen LogP) is 6.64. The molecule has 11 heteroatoms. The second-order valence-corrected chi connectivity index (χ2v) is 14.3. The highest BCUT2D eigenvalue weighted by atomic mass is 35.5. The number of nitrogens with one attached hydrogen (secondary N) is 2. The van der Waals surface area contributed by atoms with Crippen LogP contribution in [0.4, 0.5) is 14.5 Å². The minimum atomic E-state index is -3.46. The number of rotatable bonds is 6. The van der Waals surface area contributed by atoms with Gasteiger partial charge in [-0.25, -0.2) is 17.2 Å². The van der Waals surface area contributed by atoms with Crippen LogP contribution in [0.25, 0.3) is 0 Å². The molecule has 1 amide bonds. The van der Waals surface area contributed by atoms with Crippen molar-refractivity contribution in [2.24, 2.45) is 5.41 Å². The Balaban J connectivity index is 1.92. The Morgan fingerprint density at radius 1 is 1.10 bits per heavy atom. The average Bonchev–Trinajstić information content (AvgIpc) is 3.18. The van der Waals surface area contributed by atoms with E-state index in [9.17, 15) is 18.5 Å². The highest BCUT2D eigenvalue weighted by molar-refractivity contribution is 7.90. The first-order chi connectivity index (χ1) is 19.1. The van der Waals surface area contributed by atoms with E-state index in [0.717, 1.165) is 12.3 Å². The molecule has 0 spiro atoms. The monoisotopic (exact) mass is 619 g/mol. The zero-order valence-corrected chi connectivity index (χ0v) is 25.1. The molecule has 216 valence electrons. The summed E-state index contributed by atoms with van der Waals surface area (Å²) in [7, 11) is -3.46. The average molecular weight is 621 g/mol. The van der Waals surface area contributed by atoms with E-state index in [0.29, 0.717) is 6.42 Å². The second kappa shape index (κ2) is 11.3. The molecule has 4 rings (SSSR count). The minimum absolute atomic E-state index is 0.0233. The Hall–Kier alpha value is -3.03. The van der Waals surface area contributed by atoms with Crippen LogP contribution in [0.5, 0.6) is 0 Å². The maximum absolute atomic E-state index is 15.7. The van der Waals surface area contributed by atoms with Gasteiger partial charge in [-0.3, -0.25) is 4.79 Å². The summed E-state index contributed by atoms with van der Waals surface area (Å²) >= 11 is 12.2. The molecule has 3 aromatic rings. The number of hydrogen-bond donors (Lipinski definition) is 2. The summed E-state index contributed by atoms with van der Waals surface area (Å²) in [5, 5.41) is 16.8. The van der Waals surface area contributed by atoms with Gasteiger partial charge in [0.05, 0.1) is 22.0 Å². The molecule has 0 aliphatic carbocycles. The Kier molecular flexibility index (Phi) is 8.55. The first-order valence-electron chi connectivity index (χ1n) is 12.8. The van der Waals surface area contributed by atoms with Crippen LogP contribution >= 0.6 is 23.2 Å².